The number of benzene rings is 1. The van der Waals surface area contributed by atoms with E-state index in [0.29, 0.717) is 12.5 Å². The molecule has 4 nitrogen and oxygen atoms in total. The van der Waals surface area contributed by atoms with Gasteiger partial charge in [-0.05, 0) is 63.6 Å². The third-order valence-electron chi connectivity index (χ3n) is 3.79. The first-order valence-corrected chi connectivity index (χ1v) is 7.37. The number of likely N-dealkylation sites (N-methyl/N-ethyl adjacent to an activating group) is 1. The first-order valence-electron chi connectivity index (χ1n) is 7.37. The van der Waals surface area contributed by atoms with Gasteiger partial charge in [0.05, 0.1) is 7.11 Å². The molecule has 20 heavy (non-hydrogen) atoms. The molecular formula is C16H26N2O2. The highest BCUT2D eigenvalue weighted by Crippen LogP contribution is 2.33. The molecule has 1 saturated heterocycles. The van der Waals surface area contributed by atoms with E-state index in [0.717, 1.165) is 31.1 Å². The Hall–Kier alpha value is -1.26. The fraction of sp³-hybridized carbons (Fsp3) is 0.625. The molecule has 0 atom stereocenters. The topological polar surface area (TPSA) is 33.7 Å². The fourth-order valence-corrected chi connectivity index (χ4v) is 2.55. The summed E-state index contributed by atoms with van der Waals surface area (Å²) in [5.41, 5.74) is 1.36. The SMILES string of the molecule is COc1cc(C2CCNCC2)ccc1OCCN(C)C. The Morgan fingerprint density at radius 1 is 1.20 bits per heavy atom. The van der Waals surface area contributed by atoms with Gasteiger partial charge in [0.2, 0.25) is 0 Å². The van der Waals surface area contributed by atoms with Gasteiger partial charge in [0, 0.05) is 6.54 Å². The number of rotatable bonds is 6. The average Bonchev–Trinajstić information content (AvgIpc) is 2.48. The van der Waals surface area contributed by atoms with E-state index in [1.165, 1.54) is 18.4 Å². The normalized spacial score (nSPS) is 16.4. The van der Waals surface area contributed by atoms with Crippen molar-refractivity contribution in [2.75, 3.05) is 47.4 Å². The van der Waals surface area contributed by atoms with Crippen molar-refractivity contribution in [2.24, 2.45) is 0 Å². The highest BCUT2D eigenvalue weighted by atomic mass is 16.5. The van der Waals surface area contributed by atoms with Crippen LogP contribution in [-0.2, 0) is 0 Å². The van der Waals surface area contributed by atoms with Gasteiger partial charge in [-0.3, -0.25) is 0 Å². The lowest BCUT2D eigenvalue weighted by molar-refractivity contribution is 0.250. The number of nitrogens with one attached hydrogen (secondary N) is 1. The van der Waals surface area contributed by atoms with Crippen LogP contribution in [0.2, 0.25) is 0 Å². The first kappa shape index (κ1) is 15.1. The summed E-state index contributed by atoms with van der Waals surface area (Å²) in [4.78, 5) is 2.11. The van der Waals surface area contributed by atoms with Crippen LogP contribution in [0.5, 0.6) is 11.5 Å². The number of hydrogen-bond acceptors (Lipinski definition) is 4. The van der Waals surface area contributed by atoms with Crippen LogP contribution in [-0.4, -0.2) is 52.3 Å². The van der Waals surface area contributed by atoms with Crippen LogP contribution in [0.3, 0.4) is 0 Å². The van der Waals surface area contributed by atoms with Crippen molar-refractivity contribution in [1.29, 1.82) is 0 Å². The first-order chi connectivity index (χ1) is 9.70. The van der Waals surface area contributed by atoms with E-state index in [9.17, 15) is 0 Å². The molecule has 2 rings (SSSR count). The Kier molecular flexibility index (Phi) is 5.68. The second-order valence-corrected chi connectivity index (χ2v) is 5.59. The minimum atomic E-state index is 0.640. The molecule has 1 aromatic carbocycles. The number of nitrogens with zero attached hydrogens (tertiary/aromatic N) is 1. The third-order valence-corrected chi connectivity index (χ3v) is 3.79. The lowest BCUT2D eigenvalue weighted by atomic mass is 9.90. The van der Waals surface area contributed by atoms with Crippen molar-refractivity contribution >= 4 is 0 Å². The summed E-state index contributed by atoms with van der Waals surface area (Å²) in [5, 5.41) is 3.40. The summed E-state index contributed by atoms with van der Waals surface area (Å²) in [5.74, 6) is 2.33. The average molecular weight is 278 g/mol. The molecule has 0 radical (unpaired) electrons. The van der Waals surface area contributed by atoms with Gasteiger partial charge >= 0.3 is 0 Å². The van der Waals surface area contributed by atoms with Gasteiger partial charge in [0.1, 0.15) is 6.61 Å². The van der Waals surface area contributed by atoms with Crippen LogP contribution in [0.1, 0.15) is 24.3 Å². The van der Waals surface area contributed by atoms with Gasteiger partial charge in [-0.15, -0.1) is 0 Å². The summed E-state index contributed by atoms with van der Waals surface area (Å²) < 4.78 is 11.3. The second-order valence-electron chi connectivity index (χ2n) is 5.59. The molecule has 1 aliphatic rings. The Morgan fingerprint density at radius 2 is 1.95 bits per heavy atom. The van der Waals surface area contributed by atoms with Crippen molar-refractivity contribution in [2.45, 2.75) is 18.8 Å². The Bertz CT molecular complexity index is 415. The fourth-order valence-electron chi connectivity index (χ4n) is 2.55. The molecule has 0 amide bonds. The molecule has 0 bridgehead atoms. The molecule has 1 N–H and O–H groups in total. The molecule has 1 aromatic rings. The Balaban J connectivity index is 2.02. The van der Waals surface area contributed by atoms with Crippen LogP contribution in [0.15, 0.2) is 18.2 Å². The highest BCUT2D eigenvalue weighted by molar-refractivity contribution is 5.44. The number of ether oxygens (including phenoxy) is 2. The minimum Gasteiger partial charge on any atom is -0.493 e. The summed E-state index contributed by atoms with van der Waals surface area (Å²) in [6.07, 6.45) is 2.40. The molecule has 1 aliphatic heterocycles. The zero-order valence-electron chi connectivity index (χ0n) is 12.8. The largest absolute Gasteiger partial charge is 0.493 e. The molecule has 1 fully saturated rings. The zero-order chi connectivity index (χ0) is 14.4. The van der Waals surface area contributed by atoms with Gasteiger partial charge in [-0.1, -0.05) is 6.07 Å². The van der Waals surface area contributed by atoms with E-state index in [2.05, 4.69) is 22.3 Å². The summed E-state index contributed by atoms with van der Waals surface area (Å²) in [6, 6.07) is 6.37. The lowest BCUT2D eigenvalue weighted by Crippen LogP contribution is -2.26. The van der Waals surface area contributed by atoms with Crippen molar-refractivity contribution in [3.05, 3.63) is 23.8 Å². The molecule has 0 spiro atoms. The maximum atomic E-state index is 5.80. The van der Waals surface area contributed by atoms with Crippen LogP contribution >= 0.6 is 0 Å². The number of piperidine rings is 1. The summed E-state index contributed by atoms with van der Waals surface area (Å²) in [7, 11) is 5.79. The summed E-state index contributed by atoms with van der Waals surface area (Å²) >= 11 is 0. The molecular weight excluding hydrogens is 252 g/mol. The van der Waals surface area contributed by atoms with E-state index in [1.54, 1.807) is 7.11 Å². The van der Waals surface area contributed by atoms with Crippen LogP contribution in [0.4, 0.5) is 0 Å². The highest BCUT2D eigenvalue weighted by Gasteiger charge is 2.17. The Morgan fingerprint density at radius 3 is 2.60 bits per heavy atom. The predicted molar refractivity (Wildman–Crippen MR) is 81.9 cm³/mol. The molecule has 4 heteroatoms. The van der Waals surface area contributed by atoms with Crippen molar-refractivity contribution in [3.8, 4) is 11.5 Å². The van der Waals surface area contributed by atoms with Crippen molar-refractivity contribution in [3.63, 3.8) is 0 Å². The van der Waals surface area contributed by atoms with Crippen LogP contribution < -0.4 is 14.8 Å². The number of methoxy groups -OCH3 is 1. The molecule has 112 valence electrons. The van der Waals surface area contributed by atoms with E-state index in [4.69, 9.17) is 9.47 Å². The molecule has 0 unspecified atom stereocenters. The van der Waals surface area contributed by atoms with Gasteiger partial charge in [-0.25, -0.2) is 0 Å². The maximum absolute atomic E-state index is 5.80. The van der Waals surface area contributed by atoms with E-state index >= 15 is 0 Å². The zero-order valence-corrected chi connectivity index (χ0v) is 12.8. The van der Waals surface area contributed by atoms with E-state index in [1.807, 2.05) is 20.2 Å². The van der Waals surface area contributed by atoms with Gasteiger partial charge < -0.3 is 19.7 Å². The molecule has 0 saturated carbocycles. The quantitative estimate of drug-likeness (QED) is 0.864. The van der Waals surface area contributed by atoms with Crippen LogP contribution in [0, 0.1) is 0 Å². The standard InChI is InChI=1S/C16H26N2O2/c1-18(2)10-11-20-15-5-4-14(12-16(15)19-3)13-6-8-17-9-7-13/h4-5,12-13,17H,6-11H2,1-3H3. The Labute approximate surface area is 122 Å². The van der Waals surface area contributed by atoms with Gasteiger partial charge in [-0.2, -0.15) is 0 Å². The molecule has 1 heterocycles. The third kappa shape index (κ3) is 4.12. The molecule has 0 aromatic heterocycles. The summed E-state index contributed by atoms with van der Waals surface area (Å²) in [6.45, 7) is 3.79. The van der Waals surface area contributed by atoms with Gasteiger partial charge in [0.15, 0.2) is 11.5 Å². The maximum Gasteiger partial charge on any atom is 0.161 e. The monoisotopic (exact) mass is 278 g/mol. The second kappa shape index (κ2) is 7.50. The van der Waals surface area contributed by atoms with E-state index < -0.39 is 0 Å². The minimum absolute atomic E-state index is 0.640. The van der Waals surface area contributed by atoms with Gasteiger partial charge in [0.25, 0.3) is 0 Å². The molecule has 0 aliphatic carbocycles. The smallest absolute Gasteiger partial charge is 0.161 e. The van der Waals surface area contributed by atoms with E-state index in [-0.39, 0.29) is 0 Å². The van der Waals surface area contributed by atoms with Crippen molar-refractivity contribution in [1.82, 2.24) is 10.2 Å². The number of hydrogen-bond donors (Lipinski definition) is 1. The predicted octanol–water partition coefficient (Wildman–Crippen LogP) is 2.10. The lowest BCUT2D eigenvalue weighted by Gasteiger charge is -2.24. The van der Waals surface area contributed by atoms with Crippen molar-refractivity contribution < 1.29 is 9.47 Å². The van der Waals surface area contributed by atoms with Crippen LogP contribution in [0.25, 0.3) is 0 Å².